The van der Waals surface area contributed by atoms with Crippen molar-refractivity contribution in [3.05, 3.63) is 63.6 Å². The van der Waals surface area contributed by atoms with Crippen LogP contribution >= 0.6 is 23.2 Å². The normalized spacial score (nSPS) is 12.2. The minimum atomic E-state index is 0.226. The van der Waals surface area contributed by atoms with Crippen LogP contribution in [0.15, 0.2) is 42.5 Å². The third-order valence-electron chi connectivity index (χ3n) is 3.10. The molecule has 0 heterocycles. The van der Waals surface area contributed by atoms with Crippen LogP contribution in [-0.4, -0.2) is 12.6 Å². The topological polar surface area (TPSA) is 21.3 Å². The van der Waals surface area contributed by atoms with Crippen molar-refractivity contribution in [2.45, 2.75) is 26.4 Å². The molecular weight excluding hydrogens is 305 g/mol. The molecular formula is C17H19Cl2NO. The van der Waals surface area contributed by atoms with Gasteiger partial charge in [-0.3, -0.25) is 0 Å². The van der Waals surface area contributed by atoms with Crippen molar-refractivity contribution in [3.63, 3.8) is 0 Å². The highest BCUT2D eigenvalue weighted by Gasteiger charge is 2.04. The summed E-state index contributed by atoms with van der Waals surface area (Å²) in [5, 5.41) is 4.70. The second kappa shape index (κ2) is 7.69. The Balaban J connectivity index is 1.79. The minimum absolute atomic E-state index is 0.226. The van der Waals surface area contributed by atoms with E-state index < -0.39 is 0 Å². The number of aryl methyl sites for hydroxylation is 1. The maximum Gasteiger partial charge on any atom is 0.119 e. The summed E-state index contributed by atoms with van der Waals surface area (Å²) < 4.78 is 5.74. The van der Waals surface area contributed by atoms with Gasteiger partial charge in [-0.2, -0.15) is 0 Å². The Morgan fingerprint density at radius 1 is 1.05 bits per heavy atom. The van der Waals surface area contributed by atoms with E-state index in [4.69, 9.17) is 27.9 Å². The van der Waals surface area contributed by atoms with Crippen LogP contribution in [0.25, 0.3) is 0 Å². The number of ether oxygens (including phenoxy) is 1. The van der Waals surface area contributed by atoms with Gasteiger partial charge in [0, 0.05) is 22.6 Å². The molecule has 1 unspecified atom stereocenters. The molecule has 1 atom stereocenters. The van der Waals surface area contributed by atoms with Gasteiger partial charge in [-0.05, 0) is 49.7 Å². The van der Waals surface area contributed by atoms with Gasteiger partial charge >= 0.3 is 0 Å². The summed E-state index contributed by atoms with van der Waals surface area (Å²) in [6, 6.07) is 13.8. The molecule has 2 aromatic carbocycles. The maximum absolute atomic E-state index is 5.98. The lowest BCUT2D eigenvalue weighted by Gasteiger charge is -2.15. The summed E-state index contributed by atoms with van der Waals surface area (Å²) in [5.74, 6) is 0.889. The van der Waals surface area contributed by atoms with E-state index in [0.29, 0.717) is 23.2 Å². The molecule has 21 heavy (non-hydrogen) atoms. The molecule has 0 bridgehead atoms. The highest BCUT2D eigenvalue weighted by Crippen LogP contribution is 2.19. The fraction of sp³-hybridized carbons (Fsp3) is 0.294. The molecule has 0 aromatic heterocycles. The highest BCUT2D eigenvalue weighted by atomic mass is 35.5. The van der Waals surface area contributed by atoms with E-state index in [1.807, 2.05) is 36.4 Å². The Morgan fingerprint density at radius 2 is 1.67 bits per heavy atom. The summed E-state index contributed by atoms with van der Waals surface area (Å²) in [6.07, 6.45) is 0. The van der Waals surface area contributed by atoms with E-state index in [9.17, 15) is 0 Å². The van der Waals surface area contributed by atoms with Crippen LogP contribution in [0.2, 0.25) is 10.0 Å². The number of nitrogens with one attached hydrogen (secondary N) is 1. The molecule has 0 amide bonds. The van der Waals surface area contributed by atoms with E-state index in [1.165, 1.54) is 5.56 Å². The first-order valence-electron chi connectivity index (χ1n) is 6.91. The molecule has 0 aliphatic heterocycles. The molecule has 0 fully saturated rings. The van der Waals surface area contributed by atoms with Crippen LogP contribution in [0.1, 0.15) is 18.1 Å². The second-order valence-electron chi connectivity index (χ2n) is 5.18. The predicted octanol–water partition coefficient (Wildman–Crippen LogP) is 4.86. The summed E-state index contributed by atoms with van der Waals surface area (Å²) in [7, 11) is 0. The molecule has 0 saturated heterocycles. The molecule has 0 aliphatic rings. The molecule has 0 aliphatic carbocycles. The molecule has 1 N–H and O–H groups in total. The number of rotatable bonds is 6. The van der Waals surface area contributed by atoms with E-state index in [1.54, 1.807) is 6.07 Å². The standard InChI is InChI=1S/C17H19Cl2NO/c1-12-3-5-17(6-4-12)21-11-13(2)20-10-14-7-15(18)9-16(19)8-14/h3-9,13,20H,10-11H2,1-2H3. The van der Waals surface area contributed by atoms with Gasteiger partial charge in [0.1, 0.15) is 12.4 Å². The summed E-state index contributed by atoms with van der Waals surface area (Å²) in [4.78, 5) is 0. The lowest BCUT2D eigenvalue weighted by Crippen LogP contribution is -2.31. The van der Waals surface area contributed by atoms with Gasteiger partial charge in [0.2, 0.25) is 0 Å². The lowest BCUT2D eigenvalue weighted by molar-refractivity contribution is 0.272. The van der Waals surface area contributed by atoms with Gasteiger partial charge in [0.15, 0.2) is 0 Å². The minimum Gasteiger partial charge on any atom is -0.492 e. The van der Waals surface area contributed by atoms with Gasteiger partial charge < -0.3 is 10.1 Å². The average molecular weight is 324 g/mol. The first kappa shape index (κ1) is 16.2. The Morgan fingerprint density at radius 3 is 2.29 bits per heavy atom. The van der Waals surface area contributed by atoms with Gasteiger partial charge in [0.25, 0.3) is 0 Å². The van der Waals surface area contributed by atoms with Crippen LogP contribution in [0.4, 0.5) is 0 Å². The van der Waals surface area contributed by atoms with E-state index in [2.05, 4.69) is 19.2 Å². The number of halogens is 2. The van der Waals surface area contributed by atoms with Crippen molar-refractivity contribution in [2.75, 3.05) is 6.61 Å². The lowest BCUT2D eigenvalue weighted by atomic mass is 10.2. The third-order valence-corrected chi connectivity index (χ3v) is 3.53. The van der Waals surface area contributed by atoms with Crippen molar-refractivity contribution in [3.8, 4) is 5.75 Å². The van der Waals surface area contributed by atoms with Crippen molar-refractivity contribution in [2.24, 2.45) is 0 Å². The van der Waals surface area contributed by atoms with Crippen molar-refractivity contribution in [1.82, 2.24) is 5.32 Å². The molecule has 2 nitrogen and oxygen atoms in total. The maximum atomic E-state index is 5.98. The van der Waals surface area contributed by atoms with Crippen molar-refractivity contribution < 1.29 is 4.74 Å². The molecule has 112 valence electrons. The third kappa shape index (κ3) is 5.58. The predicted molar refractivity (Wildman–Crippen MR) is 89.4 cm³/mol. The van der Waals surface area contributed by atoms with Crippen molar-refractivity contribution >= 4 is 23.2 Å². The fourth-order valence-corrected chi connectivity index (χ4v) is 2.49. The number of hydrogen-bond donors (Lipinski definition) is 1. The molecule has 0 spiro atoms. The highest BCUT2D eigenvalue weighted by molar-refractivity contribution is 6.34. The number of hydrogen-bond acceptors (Lipinski definition) is 2. The van der Waals surface area contributed by atoms with Crippen LogP contribution in [-0.2, 0) is 6.54 Å². The Kier molecular flexibility index (Phi) is 5.92. The van der Waals surface area contributed by atoms with Crippen molar-refractivity contribution in [1.29, 1.82) is 0 Å². The zero-order valence-corrected chi connectivity index (χ0v) is 13.7. The van der Waals surface area contributed by atoms with E-state index in [0.717, 1.165) is 11.3 Å². The van der Waals surface area contributed by atoms with Crippen LogP contribution in [0.3, 0.4) is 0 Å². The first-order chi connectivity index (χ1) is 10.0. The quantitative estimate of drug-likeness (QED) is 0.819. The van der Waals surface area contributed by atoms with Gasteiger partial charge in [0.05, 0.1) is 0 Å². The summed E-state index contributed by atoms with van der Waals surface area (Å²) in [6.45, 7) is 5.46. The molecule has 2 rings (SSSR count). The van der Waals surface area contributed by atoms with E-state index in [-0.39, 0.29) is 6.04 Å². The van der Waals surface area contributed by atoms with Gasteiger partial charge in [-0.1, -0.05) is 40.9 Å². The first-order valence-corrected chi connectivity index (χ1v) is 7.66. The number of benzene rings is 2. The monoisotopic (exact) mass is 323 g/mol. The van der Waals surface area contributed by atoms with Crippen LogP contribution < -0.4 is 10.1 Å². The Hall–Kier alpha value is -1.22. The molecule has 2 aromatic rings. The zero-order chi connectivity index (χ0) is 15.2. The second-order valence-corrected chi connectivity index (χ2v) is 6.06. The zero-order valence-electron chi connectivity index (χ0n) is 12.2. The largest absolute Gasteiger partial charge is 0.492 e. The fourth-order valence-electron chi connectivity index (χ4n) is 1.92. The van der Waals surface area contributed by atoms with E-state index >= 15 is 0 Å². The molecule has 0 saturated carbocycles. The Labute approximate surface area is 136 Å². The summed E-state index contributed by atoms with van der Waals surface area (Å²) >= 11 is 12.0. The van der Waals surface area contributed by atoms with Crippen LogP contribution in [0, 0.1) is 6.92 Å². The Bertz CT molecular complexity index is 564. The van der Waals surface area contributed by atoms with Crippen LogP contribution in [0.5, 0.6) is 5.75 Å². The van der Waals surface area contributed by atoms with Gasteiger partial charge in [-0.15, -0.1) is 0 Å². The summed E-state index contributed by atoms with van der Waals surface area (Å²) in [5.41, 5.74) is 2.29. The SMILES string of the molecule is Cc1ccc(OCC(C)NCc2cc(Cl)cc(Cl)c2)cc1. The smallest absolute Gasteiger partial charge is 0.119 e. The molecule has 0 radical (unpaired) electrons. The molecule has 4 heteroatoms. The van der Waals surface area contributed by atoms with Gasteiger partial charge in [-0.25, -0.2) is 0 Å². The average Bonchev–Trinajstić information content (AvgIpc) is 2.43.